The van der Waals surface area contributed by atoms with E-state index < -0.39 is 0 Å². The molecule has 0 aliphatic heterocycles. The van der Waals surface area contributed by atoms with Gasteiger partial charge < -0.3 is 14.3 Å². The van der Waals surface area contributed by atoms with Crippen molar-refractivity contribution >= 4 is 17.0 Å². The van der Waals surface area contributed by atoms with Crippen molar-refractivity contribution in [1.29, 1.82) is 0 Å². The van der Waals surface area contributed by atoms with Crippen molar-refractivity contribution in [3.63, 3.8) is 0 Å². The van der Waals surface area contributed by atoms with Gasteiger partial charge in [0.2, 0.25) is 0 Å². The van der Waals surface area contributed by atoms with Crippen molar-refractivity contribution in [2.24, 2.45) is 0 Å². The molecule has 7 heteroatoms. The fourth-order valence-electron chi connectivity index (χ4n) is 1.97. The molecule has 0 aliphatic rings. The molecule has 3 aromatic heterocycles. The van der Waals surface area contributed by atoms with Crippen LogP contribution in [0.25, 0.3) is 11.2 Å². The third-order valence-electron chi connectivity index (χ3n) is 2.79. The number of hydrogen-bond acceptors (Lipinski definition) is 6. The first kappa shape index (κ1) is 11.6. The van der Waals surface area contributed by atoms with E-state index in [9.17, 15) is 0 Å². The molecule has 0 radical (unpaired) electrons. The number of hydrogen-bond donors (Lipinski definition) is 1. The van der Waals surface area contributed by atoms with Gasteiger partial charge in [0, 0.05) is 25.9 Å². The average molecular weight is 258 g/mol. The molecule has 0 aliphatic carbocycles. The summed E-state index contributed by atoms with van der Waals surface area (Å²) in [7, 11) is 1.93. The number of anilines is 1. The molecule has 0 spiro atoms. The van der Waals surface area contributed by atoms with Gasteiger partial charge in [-0.2, -0.15) is 4.98 Å². The highest BCUT2D eigenvalue weighted by molar-refractivity contribution is 5.81. The van der Waals surface area contributed by atoms with Crippen LogP contribution in [-0.2, 0) is 6.54 Å². The maximum atomic E-state index is 5.40. The zero-order chi connectivity index (χ0) is 13.4. The number of fused-ring (bicyclic) bond motifs is 1. The van der Waals surface area contributed by atoms with Gasteiger partial charge in [0.25, 0.3) is 5.71 Å². The lowest BCUT2D eigenvalue weighted by Crippen LogP contribution is -2.19. The summed E-state index contributed by atoms with van der Waals surface area (Å²) in [6.07, 6.45) is 3.28. The van der Waals surface area contributed by atoms with Crippen LogP contribution in [0.1, 0.15) is 17.4 Å². The fraction of sp³-hybridized carbons (Fsp3) is 0.333. The van der Waals surface area contributed by atoms with Crippen LogP contribution in [0.15, 0.2) is 16.9 Å². The monoisotopic (exact) mass is 258 g/mol. The molecule has 7 nitrogen and oxygen atoms in total. The molecule has 3 aromatic rings. The highest BCUT2D eigenvalue weighted by Crippen LogP contribution is 2.22. The van der Waals surface area contributed by atoms with Crippen LogP contribution < -0.4 is 4.90 Å². The molecule has 1 N–H and O–H groups in total. The van der Waals surface area contributed by atoms with E-state index in [0.717, 1.165) is 17.3 Å². The summed E-state index contributed by atoms with van der Waals surface area (Å²) >= 11 is 0. The van der Waals surface area contributed by atoms with E-state index in [-0.39, 0.29) is 0 Å². The van der Waals surface area contributed by atoms with Gasteiger partial charge in [0.05, 0.1) is 6.54 Å². The molecule has 0 saturated heterocycles. The summed E-state index contributed by atoms with van der Waals surface area (Å²) in [4.78, 5) is 22.1. The summed E-state index contributed by atoms with van der Waals surface area (Å²) in [5, 5.41) is 0. The van der Waals surface area contributed by atoms with Crippen LogP contribution in [-0.4, -0.2) is 32.0 Å². The number of aryl methyl sites for hydroxylation is 2. The van der Waals surface area contributed by atoms with Crippen LogP contribution in [0.5, 0.6) is 0 Å². The Balaban J connectivity index is 1.94. The number of imidazole rings is 1. The number of aromatic nitrogens is 5. The van der Waals surface area contributed by atoms with E-state index in [1.165, 1.54) is 6.33 Å². The predicted molar refractivity (Wildman–Crippen MR) is 69.8 cm³/mol. The molecule has 0 saturated carbocycles. The van der Waals surface area contributed by atoms with Gasteiger partial charge in [-0.3, -0.25) is 0 Å². The topological polar surface area (TPSA) is 83.7 Å². The molecule has 3 rings (SSSR count). The molecule has 0 fully saturated rings. The predicted octanol–water partition coefficient (Wildman–Crippen LogP) is 1.59. The van der Waals surface area contributed by atoms with Gasteiger partial charge in [0.1, 0.15) is 12.2 Å². The minimum Gasteiger partial charge on any atom is -0.422 e. The number of nitrogens with one attached hydrogen (secondary N) is 1. The average Bonchev–Trinajstić information content (AvgIpc) is 2.93. The number of H-pyrrole nitrogens is 1. The summed E-state index contributed by atoms with van der Waals surface area (Å²) in [5.74, 6) is 2.20. The Hall–Kier alpha value is -2.44. The Morgan fingerprint density at radius 2 is 2.11 bits per heavy atom. The molecule has 3 heterocycles. The highest BCUT2D eigenvalue weighted by Gasteiger charge is 2.14. The molecule has 0 aromatic carbocycles. The third-order valence-corrected chi connectivity index (χ3v) is 2.79. The van der Waals surface area contributed by atoms with Crippen LogP contribution in [0, 0.1) is 13.8 Å². The van der Waals surface area contributed by atoms with Crippen molar-refractivity contribution in [1.82, 2.24) is 24.9 Å². The largest absolute Gasteiger partial charge is 0.422 e. The van der Waals surface area contributed by atoms with E-state index >= 15 is 0 Å². The Bertz CT molecular complexity index is 716. The molecular formula is C12H14N6O. The Morgan fingerprint density at radius 3 is 2.84 bits per heavy atom. The normalized spacial score (nSPS) is 11.1. The molecule has 0 atom stereocenters. The van der Waals surface area contributed by atoms with Crippen LogP contribution in [0.3, 0.4) is 0 Å². The summed E-state index contributed by atoms with van der Waals surface area (Å²) in [6, 6.07) is 0. The van der Waals surface area contributed by atoms with Gasteiger partial charge >= 0.3 is 0 Å². The smallest absolute Gasteiger partial charge is 0.252 e. The van der Waals surface area contributed by atoms with Crippen molar-refractivity contribution in [3.8, 4) is 0 Å². The van der Waals surface area contributed by atoms with Gasteiger partial charge in [-0.05, 0) is 6.92 Å². The quantitative estimate of drug-likeness (QED) is 0.768. The molecule has 98 valence electrons. The summed E-state index contributed by atoms with van der Waals surface area (Å²) in [6.45, 7) is 4.38. The minimum atomic E-state index is 0.505. The summed E-state index contributed by atoms with van der Waals surface area (Å²) < 4.78 is 5.40. The third kappa shape index (κ3) is 2.14. The van der Waals surface area contributed by atoms with E-state index in [1.807, 2.05) is 18.9 Å². The van der Waals surface area contributed by atoms with Crippen LogP contribution in [0.2, 0.25) is 0 Å². The first-order valence-electron chi connectivity index (χ1n) is 5.93. The standard InChI is InChI=1S/C12H14N6O/c1-7-4-13-9(16-7)5-18(3)11-10-12(15-6-14-11)19-8(2)17-10/h4,6H,5H2,1-3H3,(H,13,16). The number of oxazole rings is 1. The highest BCUT2D eigenvalue weighted by atomic mass is 16.4. The maximum absolute atomic E-state index is 5.40. The SMILES string of the molecule is Cc1cnc(CN(C)c2ncnc3oc(C)nc23)[nH]1. The molecule has 0 bridgehead atoms. The lowest BCUT2D eigenvalue weighted by atomic mass is 10.4. The van der Waals surface area contributed by atoms with Gasteiger partial charge in [-0.1, -0.05) is 0 Å². The number of aromatic amines is 1. The zero-order valence-corrected chi connectivity index (χ0v) is 11.0. The lowest BCUT2D eigenvalue weighted by molar-refractivity contribution is 0.551. The molecule has 0 amide bonds. The van der Waals surface area contributed by atoms with E-state index in [4.69, 9.17) is 4.42 Å². The van der Waals surface area contributed by atoms with Crippen molar-refractivity contribution in [2.75, 3.05) is 11.9 Å². The first-order chi connectivity index (χ1) is 9.13. The second-order valence-corrected chi connectivity index (χ2v) is 4.45. The zero-order valence-electron chi connectivity index (χ0n) is 11.0. The molecule has 19 heavy (non-hydrogen) atoms. The van der Waals surface area contributed by atoms with Gasteiger partial charge in [-0.25, -0.2) is 15.0 Å². The van der Waals surface area contributed by atoms with E-state index in [0.29, 0.717) is 23.7 Å². The molecular weight excluding hydrogens is 244 g/mol. The Labute approximate surface area is 109 Å². The second-order valence-electron chi connectivity index (χ2n) is 4.45. The van der Waals surface area contributed by atoms with Gasteiger partial charge in [0.15, 0.2) is 17.2 Å². The van der Waals surface area contributed by atoms with Crippen molar-refractivity contribution in [3.05, 3.63) is 29.9 Å². The lowest BCUT2D eigenvalue weighted by Gasteiger charge is -2.16. The second kappa shape index (κ2) is 4.34. The van der Waals surface area contributed by atoms with Gasteiger partial charge in [-0.15, -0.1) is 0 Å². The first-order valence-corrected chi connectivity index (χ1v) is 5.93. The Kier molecular flexibility index (Phi) is 2.66. The van der Waals surface area contributed by atoms with E-state index in [2.05, 4.69) is 24.9 Å². The van der Waals surface area contributed by atoms with E-state index in [1.54, 1.807) is 13.1 Å². The van der Waals surface area contributed by atoms with Crippen molar-refractivity contribution in [2.45, 2.75) is 20.4 Å². The molecule has 0 unspecified atom stereocenters. The minimum absolute atomic E-state index is 0.505. The van der Waals surface area contributed by atoms with Crippen molar-refractivity contribution < 1.29 is 4.42 Å². The fourth-order valence-corrected chi connectivity index (χ4v) is 1.97. The Morgan fingerprint density at radius 1 is 1.26 bits per heavy atom. The van der Waals surface area contributed by atoms with Crippen LogP contribution >= 0.6 is 0 Å². The summed E-state index contributed by atoms with van der Waals surface area (Å²) in [5.41, 5.74) is 2.21. The number of nitrogens with zero attached hydrogens (tertiary/aromatic N) is 5. The number of rotatable bonds is 3. The maximum Gasteiger partial charge on any atom is 0.252 e. The van der Waals surface area contributed by atoms with Crippen LogP contribution in [0.4, 0.5) is 5.82 Å².